The molecule has 1 fully saturated rings. The third-order valence-electron chi connectivity index (χ3n) is 2.76. The van der Waals surface area contributed by atoms with Gasteiger partial charge in [-0.2, -0.15) is 9.78 Å². The lowest BCUT2D eigenvalue weighted by Crippen LogP contribution is -2.34. The smallest absolute Gasteiger partial charge is 0.251 e. The molecular formula is C10H16N4O. The van der Waals surface area contributed by atoms with E-state index in [2.05, 4.69) is 10.4 Å². The normalized spacial score (nSPS) is 17.9. The summed E-state index contributed by atoms with van der Waals surface area (Å²) < 4.78 is 1.34. The van der Waals surface area contributed by atoms with Crippen LogP contribution in [0.5, 0.6) is 0 Å². The lowest BCUT2D eigenvalue weighted by Gasteiger charge is -2.21. The van der Waals surface area contributed by atoms with Crippen LogP contribution < -0.4 is 11.1 Å². The zero-order valence-electron chi connectivity index (χ0n) is 8.86. The minimum Gasteiger partial charge on any atom is -0.383 e. The number of nitrogens with zero attached hydrogens (tertiary/aromatic N) is 2. The van der Waals surface area contributed by atoms with Crippen molar-refractivity contribution in [2.24, 2.45) is 5.92 Å². The van der Waals surface area contributed by atoms with E-state index < -0.39 is 0 Å². The highest BCUT2D eigenvalue weighted by atomic mass is 16.2. The predicted molar refractivity (Wildman–Crippen MR) is 57.6 cm³/mol. The molecule has 82 valence electrons. The van der Waals surface area contributed by atoms with Gasteiger partial charge < -0.3 is 11.1 Å². The average Bonchev–Trinajstić information content (AvgIpc) is 2.58. The van der Waals surface area contributed by atoms with Crippen LogP contribution in [0.3, 0.4) is 0 Å². The lowest BCUT2D eigenvalue weighted by atomic mass is 9.97. The van der Waals surface area contributed by atoms with Gasteiger partial charge in [0.25, 0.3) is 5.91 Å². The lowest BCUT2D eigenvalue weighted by molar-refractivity contribution is 0.0793. The molecule has 1 aromatic heterocycles. The monoisotopic (exact) mass is 208 g/mol. The molecule has 3 N–H and O–H groups in total. The van der Waals surface area contributed by atoms with Gasteiger partial charge in [0.1, 0.15) is 5.82 Å². The molecule has 5 nitrogen and oxygen atoms in total. The van der Waals surface area contributed by atoms with E-state index in [4.69, 9.17) is 5.73 Å². The maximum Gasteiger partial charge on any atom is 0.251 e. The largest absolute Gasteiger partial charge is 0.383 e. The fourth-order valence-electron chi connectivity index (χ4n) is 1.94. The summed E-state index contributed by atoms with van der Waals surface area (Å²) in [6.07, 6.45) is 1.74. The average molecular weight is 208 g/mol. The summed E-state index contributed by atoms with van der Waals surface area (Å²) in [5.74, 6) is 0.533. The van der Waals surface area contributed by atoms with Crippen LogP contribution in [0.4, 0.5) is 5.82 Å². The van der Waals surface area contributed by atoms with Crippen LogP contribution in [-0.4, -0.2) is 28.8 Å². The maximum absolute atomic E-state index is 12.0. The minimum atomic E-state index is 0.0297. The van der Waals surface area contributed by atoms with Crippen molar-refractivity contribution >= 4 is 11.7 Å². The molecule has 0 atom stereocenters. The highest BCUT2D eigenvalue weighted by Gasteiger charge is 2.24. The minimum absolute atomic E-state index is 0.0297. The summed E-state index contributed by atoms with van der Waals surface area (Å²) >= 11 is 0. The van der Waals surface area contributed by atoms with E-state index in [1.807, 2.05) is 6.92 Å². The molecule has 0 unspecified atom stereocenters. The molecule has 0 aliphatic carbocycles. The fourth-order valence-corrected chi connectivity index (χ4v) is 1.94. The first kappa shape index (κ1) is 10.2. The number of carbonyl (C=O) groups excluding carboxylic acids is 1. The number of carbonyl (C=O) groups is 1. The molecule has 2 rings (SSSR count). The number of aryl methyl sites for hydroxylation is 1. The number of nitrogen functional groups attached to an aromatic ring is 1. The van der Waals surface area contributed by atoms with Gasteiger partial charge in [-0.05, 0) is 32.9 Å². The first-order chi connectivity index (χ1) is 7.18. The molecule has 0 amide bonds. The van der Waals surface area contributed by atoms with Crippen molar-refractivity contribution in [3.8, 4) is 0 Å². The third kappa shape index (κ3) is 2.02. The van der Waals surface area contributed by atoms with Crippen LogP contribution in [0.15, 0.2) is 6.07 Å². The molecule has 1 aliphatic heterocycles. The maximum atomic E-state index is 12.0. The Morgan fingerprint density at radius 3 is 2.80 bits per heavy atom. The van der Waals surface area contributed by atoms with Crippen molar-refractivity contribution in [1.82, 2.24) is 15.1 Å². The molecule has 2 heterocycles. The molecule has 0 saturated carbocycles. The molecule has 5 heteroatoms. The number of anilines is 1. The summed E-state index contributed by atoms with van der Waals surface area (Å²) in [4.78, 5) is 12.0. The highest BCUT2D eigenvalue weighted by Crippen LogP contribution is 2.16. The Morgan fingerprint density at radius 2 is 2.27 bits per heavy atom. The predicted octanol–water partition coefficient (Wildman–Crippen LogP) is 0.414. The second-order valence-corrected chi connectivity index (χ2v) is 3.98. The molecule has 1 aromatic rings. The standard InChI is InChI=1S/C10H16N4O/c1-7-6-9(11)14(13-7)10(15)8-2-4-12-5-3-8/h6,8,12H,2-5,11H2,1H3. The highest BCUT2D eigenvalue weighted by molar-refractivity contribution is 5.83. The molecule has 0 radical (unpaired) electrons. The van der Waals surface area contributed by atoms with E-state index in [1.54, 1.807) is 6.07 Å². The van der Waals surface area contributed by atoms with Crippen LogP contribution in [0.1, 0.15) is 23.3 Å². The third-order valence-corrected chi connectivity index (χ3v) is 2.76. The van der Waals surface area contributed by atoms with Crippen LogP contribution >= 0.6 is 0 Å². The molecule has 0 bridgehead atoms. The van der Waals surface area contributed by atoms with Gasteiger partial charge in [-0.1, -0.05) is 0 Å². The van der Waals surface area contributed by atoms with Crippen LogP contribution in [0.2, 0.25) is 0 Å². The van der Waals surface area contributed by atoms with Gasteiger partial charge >= 0.3 is 0 Å². The van der Waals surface area contributed by atoms with Crippen molar-refractivity contribution in [3.63, 3.8) is 0 Å². The van der Waals surface area contributed by atoms with E-state index in [1.165, 1.54) is 4.68 Å². The Labute approximate surface area is 88.6 Å². The number of nitrogens with two attached hydrogens (primary N) is 1. The van der Waals surface area contributed by atoms with E-state index in [0.29, 0.717) is 5.82 Å². The van der Waals surface area contributed by atoms with Gasteiger partial charge in [0.05, 0.1) is 5.69 Å². The van der Waals surface area contributed by atoms with E-state index in [9.17, 15) is 4.79 Å². The second kappa shape index (κ2) is 4.02. The van der Waals surface area contributed by atoms with E-state index in [-0.39, 0.29) is 11.8 Å². The van der Waals surface area contributed by atoms with Crippen LogP contribution in [-0.2, 0) is 0 Å². The molecule has 1 aliphatic rings. The topological polar surface area (TPSA) is 72.9 Å². The van der Waals surface area contributed by atoms with Crippen molar-refractivity contribution in [3.05, 3.63) is 11.8 Å². The summed E-state index contributed by atoms with van der Waals surface area (Å²) in [5.41, 5.74) is 6.50. The van der Waals surface area contributed by atoms with Gasteiger partial charge in [0.15, 0.2) is 0 Å². The summed E-state index contributed by atoms with van der Waals surface area (Å²) in [5, 5.41) is 7.33. The summed E-state index contributed by atoms with van der Waals surface area (Å²) in [6, 6.07) is 1.72. The molecule has 15 heavy (non-hydrogen) atoms. The zero-order chi connectivity index (χ0) is 10.8. The number of hydrogen-bond acceptors (Lipinski definition) is 4. The van der Waals surface area contributed by atoms with Crippen LogP contribution in [0, 0.1) is 12.8 Å². The Bertz CT molecular complexity index is 365. The Kier molecular flexibility index (Phi) is 2.73. The summed E-state index contributed by atoms with van der Waals surface area (Å²) in [6.45, 7) is 3.63. The Morgan fingerprint density at radius 1 is 1.60 bits per heavy atom. The van der Waals surface area contributed by atoms with Gasteiger partial charge in [0, 0.05) is 12.0 Å². The molecular weight excluding hydrogens is 192 g/mol. The number of nitrogens with one attached hydrogen (secondary N) is 1. The SMILES string of the molecule is Cc1cc(N)n(C(=O)C2CCNCC2)n1. The van der Waals surface area contributed by atoms with Gasteiger partial charge in [-0.3, -0.25) is 4.79 Å². The number of aromatic nitrogens is 2. The van der Waals surface area contributed by atoms with Crippen molar-refractivity contribution < 1.29 is 4.79 Å². The van der Waals surface area contributed by atoms with Gasteiger partial charge in [0.2, 0.25) is 0 Å². The van der Waals surface area contributed by atoms with E-state index >= 15 is 0 Å². The first-order valence-corrected chi connectivity index (χ1v) is 5.25. The zero-order valence-corrected chi connectivity index (χ0v) is 8.86. The van der Waals surface area contributed by atoms with Crippen LogP contribution in [0.25, 0.3) is 0 Å². The van der Waals surface area contributed by atoms with E-state index in [0.717, 1.165) is 31.6 Å². The van der Waals surface area contributed by atoms with Gasteiger partial charge in [-0.15, -0.1) is 0 Å². The Balaban J connectivity index is 2.16. The molecule has 0 spiro atoms. The molecule has 0 aromatic carbocycles. The van der Waals surface area contributed by atoms with Gasteiger partial charge in [-0.25, -0.2) is 0 Å². The quantitative estimate of drug-likeness (QED) is 0.701. The fraction of sp³-hybridized carbons (Fsp3) is 0.600. The van der Waals surface area contributed by atoms with Crippen molar-refractivity contribution in [2.45, 2.75) is 19.8 Å². The number of hydrogen-bond donors (Lipinski definition) is 2. The number of piperidine rings is 1. The van der Waals surface area contributed by atoms with Crippen molar-refractivity contribution in [2.75, 3.05) is 18.8 Å². The van der Waals surface area contributed by atoms with Crippen molar-refractivity contribution in [1.29, 1.82) is 0 Å². The molecule has 1 saturated heterocycles. The Hall–Kier alpha value is -1.36. The first-order valence-electron chi connectivity index (χ1n) is 5.25. The number of rotatable bonds is 1. The second-order valence-electron chi connectivity index (χ2n) is 3.98. The summed E-state index contributed by atoms with van der Waals surface area (Å²) in [7, 11) is 0.